The standard InChI is InChI=1S/C6H3F3INS/c7-6(8,9)5(11-10)4-2-1-3-12-4/h1-3H. The Kier molecular flexibility index (Phi) is 3.10. The summed E-state index contributed by atoms with van der Waals surface area (Å²) in [5, 5.41) is 1.59. The number of rotatable bonds is 1. The first-order chi connectivity index (χ1) is 5.55. The summed E-state index contributed by atoms with van der Waals surface area (Å²) in [6.07, 6.45) is -4.36. The molecule has 66 valence electrons. The van der Waals surface area contributed by atoms with Crippen molar-refractivity contribution in [3.63, 3.8) is 0 Å². The summed E-state index contributed by atoms with van der Waals surface area (Å²) in [6.45, 7) is 0. The Morgan fingerprint density at radius 3 is 2.50 bits per heavy atom. The molecule has 0 unspecified atom stereocenters. The second-order valence-electron chi connectivity index (χ2n) is 1.91. The van der Waals surface area contributed by atoms with Gasteiger partial charge in [-0.1, -0.05) is 6.07 Å². The number of thiophene rings is 1. The normalized spacial score (nSPS) is 13.5. The van der Waals surface area contributed by atoms with Crippen molar-refractivity contribution in [3.8, 4) is 0 Å². The van der Waals surface area contributed by atoms with Crippen molar-refractivity contribution in [2.24, 2.45) is 3.21 Å². The SMILES string of the molecule is FC(F)(F)C(=NI)c1cccs1. The fourth-order valence-electron chi connectivity index (χ4n) is 0.643. The largest absolute Gasteiger partial charge is 0.435 e. The van der Waals surface area contributed by atoms with Crippen LogP contribution in [-0.2, 0) is 0 Å². The van der Waals surface area contributed by atoms with E-state index in [1.165, 1.54) is 28.9 Å². The smallest absolute Gasteiger partial charge is 0.209 e. The summed E-state index contributed by atoms with van der Waals surface area (Å²) >= 11 is 2.38. The van der Waals surface area contributed by atoms with Crippen LogP contribution in [0, 0.1) is 0 Å². The van der Waals surface area contributed by atoms with E-state index in [2.05, 4.69) is 3.21 Å². The molecule has 1 rings (SSSR count). The van der Waals surface area contributed by atoms with Crippen LogP contribution in [0.1, 0.15) is 4.88 Å². The van der Waals surface area contributed by atoms with E-state index in [1.54, 1.807) is 11.4 Å². The van der Waals surface area contributed by atoms with E-state index in [-0.39, 0.29) is 4.88 Å². The summed E-state index contributed by atoms with van der Waals surface area (Å²) in [6, 6.07) is 2.96. The quantitative estimate of drug-likeness (QED) is 0.557. The first-order valence-corrected chi connectivity index (χ1v) is 4.70. The number of alkyl halides is 3. The zero-order valence-corrected chi connectivity index (χ0v) is 8.57. The minimum Gasteiger partial charge on any atom is -0.209 e. The molecule has 0 bridgehead atoms. The highest BCUT2D eigenvalue weighted by Gasteiger charge is 2.37. The van der Waals surface area contributed by atoms with Crippen LogP contribution < -0.4 is 0 Å². The summed E-state index contributed by atoms with van der Waals surface area (Å²) in [4.78, 5) is 0.150. The average Bonchev–Trinajstić information content (AvgIpc) is 2.38. The summed E-state index contributed by atoms with van der Waals surface area (Å²) in [7, 11) is 0. The third-order valence-corrected chi connectivity index (χ3v) is 2.47. The molecule has 0 amide bonds. The molecule has 1 aromatic heterocycles. The maximum absolute atomic E-state index is 12.2. The van der Waals surface area contributed by atoms with Crippen LogP contribution in [-0.4, -0.2) is 11.9 Å². The molecule has 0 aliphatic carbocycles. The zero-order chi connectivity index (χ0) is 9.19. The molecule has 1 heterocycles. The lowest BCUT2D eigenvalue weighted by atomic mass is 10.3. The molecule has 0 saturated carbocycles. The fourth-order valence-corrected chi connectivity index (χ4v) is 2.07. The Bertz CT molecular complexity index is 277. The van der Waals surface area contributed by atoms with Gasteiger partial charge in [0.15, 0.2) is 5.71 Å². The van der Waals surface area contributed by atoms with Gasteiger partial charge >= 0.3 is 6.18 Å². The number of nitrogens with zero attached hydrogens (tertiary/aromatic N) is 1. The molecule has 12 heavy (non-hydrogen) atoms. The molecule has 0 aliphatic heterocycles. The minimum absolute atomic E-state index is 0.150. The third kappa shape index (κ3) is 2.19. The van der Waals surface area contributed by atoms with Gasteiger partial charge in [0, 0.05) is 0 Å². The van der Waals surface area contributed by atoms with Crippen molar-refractivity contribution in [1.82, 2.24) is 0 Å². The second-order valence-corrected chi connectivity index (χ2v) is 3.34. The van der Waals surface area contributed by atoms with Crippen LogP contribution in [0.3, 0.4) is 0 Å². The molecule has 0 aliphatic rings. The maximum atomic E-state index is 12.2. The minimum atomic E-state index is -4.36. The van der Waals surface area contributed by atoms with Crippen molar-refractivity contribution in [2.75, 3.05) is 0 Å². The van der Waals surface area contributed by atoms with Gasteiger partial charge in [-0.05, 0) is 11.4 Å². The van der Waals surface area contributed by atoms with Crippen molar-refractivity contribution in [2.45, 2.75) is 6.18 Å². The van der Waals surface area contributed by atoms with Gasteiger partial charge in [-0.15, -0.1) is 11.3 Å². The zero-order valence-electron chi connectivity index (χ0n) is 5.60. The van der Waals surface area contributed by atoms with E-state index in [9.17, 15) is 13.2 Å². The van der Waals surface area contributed by atoms with Crippen LogP contribution in [0.2, 0.25) is 0 Å². The van der Waals surface area contributed by atoms with E-state index in [4.69, 9.17) is 0 Å². The molecule has 1 aromatic rings. The van der Waals surface area contributed by atoms with Crippen molar-refractivity contribution in [1.29, 1.82) is 0 Å². The van der Waals surface area contributed by atoms with Crippen LogP contribution in [0.4, 0.5) is 13.2 Å². The highest BCUT2D eigenvalue weighted by molar-refractivity contribution is 14.1. The Morgan fingerprint density at radius 2 is 2.17 bits per heavy atom. The molecule has 0 saturated heterocycles. The molecule has 1 nitrogen and oxygen atoms in total. The van der Waals surface area contributed by atoms with E-state index in [1.807, 2.05) is 0 Å². The molecule has 0 fully saturated rings. The van der Waals surface area contributed by atoms with Crippen LogP contribution in [0.25, 0.3) is 0 Å². The molecule has 0 atom stereocenters. The topological polar surface area (TPSA) is 12.4 Å². The third-order valence-electron chi connectivity index (χ3n) is 1.11. The highest BCUT2D eigenvalue weighted by Crippen LogP contribution is 2.26. The van der Waals surface area contributed by atoms with Gasteiger partial charge in [-0.25, -0.2) is 3.21 Å². The van der Waals surface area contributed by atoms with Gasteiger partial charge in [-0.3, -0.25) is 0 Å². The maximum Gasteiger partial charge on any atom is 0.435 e. The first-order valence-electron chi connectivity index (χ1n) is 2.85. The average molecular weight is 305 g/mol. The summed E-state index contributed by atoms with van der Waals surface area (Å²) in [5.41, 5.74) is -0.821. The number of hydrogen-bond acceptors (Lipinski definition) is 2. The van der Waals surface area contributed by atoms with Gasteiger partial charge < -0.3 is 0 Å². The van der Waals surface area contributed by atoms with Crippen LogP contribution in [0.15, 0.2) is 20.7 Å². The summed E-state index contributed by atoms with van der Waals surface area (Å²) in [5.74, 6) is 0. The van der Waals surface area contributed by atoms with Crippen molar-refractivity contribution >= 4 is 39.9 Å². The molecule has 6 heteroatoms. The predicted molar refractivity (Wildman–Crippen MR) is 50.9 cm³/mol. The van der Waals surface area contributed by atoms with Crippen LogP contribution in [0.5, 0.6) is 0 Å². The highest BCUT2D eigenvalue weighted by atomic mass is 127. The van der Waals surface area contributed by atoms with Crippen molar-refractivity contribution < 1.29 is 13.2 Å². The van der Waals surface area contributed by atoms with Crippen LogP contribution >= 0.6 is 34.2 Å². The van der Waals surface area contributed by atoms with E-state index in [0.717, 1.165) is 11.3 Å². The number of hydrogen-bond donors (Lipinski definition) is 0. The molecule has 0 spiro atoms. The number of halogens is 4. The van der Waals surface area contributed by atoms with E-state index >= 15 is 0 Å². The lowest BCUT2D eigenvalue weighted by molar-refractivity contribution is -0.0575. The molecule has 0 aromatic carbocycles. The Morgan fingerprint density at radius 1 is 1.50 bits per heavy atom. The second kappa shape index (κ2) is 3.73. The van der Waals surface area contributed by atoms with E-state index in [0.29, 0.717) is 0 Å². The molecule has 0 N–H and O–H groups in total. The Hall–Kier alpha value is -0.110. The molecular formula is C6H3F3INS. The van der Waals surface area contributed by atoms with E-state index < -0.39 is 11.9 Å². The molecular weight excluding hydrogens is 302 g/mol. The first kappa shape index (κ1) is 9.97. The van der Waals surface area contributed by atoms with Gasteiger partial charge in [0.1, 0.15) is 0 Å². The van der Waals surface area contributed by atoms with Crippen molar-refractivity contribution in [3.05, 3.63) is 22.4 Å². The lowest BCUT2D eigenvalue weighted by Gasteiger charge is -2.05. The van der Waals surface area contributed by atoms with Gasteiger partial charge in [-0.2, -0.15) is 13.2 Å². The Balaban J connectivity index is 3.01. The van der Waals surface area contributed by atoms with Gasteiger partial charge in [0.25, 0.3) is 0 Å². The fraction of sp³-hybridized carbons (Fsp3) is 0.167. The monoisotopic (exact) mass is 305 g/mol. The molecule has 0 radical (unpaired) electrons. The van der Waals surface area contributed by atoms with Gasteiger partial charge in [0.2, 0.25) is 0 Å². The van der Waals surface area contributed by atoms with Gasteiger partial charge in [0.05, 0.1) is 27.7 Å². The lowest BCUT2D eigenvalue weighted by Crippen LogP contribution is -2.22. The Labute approximate surface area is 84.8 Å². The summed E-state index contributed by atoms with van der Waals surface area (Å²) < 4.78 is 39.6. The predicted octanol–water partition coefficient (Wildman–Crippen LogP) is 3.45.